The van der Waals surface area contributed by atoms with Crippen LogP contribution < -0.4 is 5.32 Å². The van der Waals surface area contributed by atoms with E-state index < -0.39 is 0 Å². The third-order valence-corrected chi connectivity index (χ3v) is 3.87. The van der Waals surface area contributed by atoms with Gasteiger partial charge in [-0.1, -0.05) is 38.1 Å². The molecule has 106 valence electrons. The Kier molecular flexibility index (Phi) is 5.31. The van der Waals surface area contributed by atoms with Gasteiger partial charge < -0.3 is 5.32 Å². The Morgan fingerprint density at radius 2 is 1.85 bits per heavy atom. The Hall–Kier alpha value is -1.67. The molecule has 1 unspecified atom stereocenters. The Labute approximate surface area is 122 Å². The second-order valence-electron chi connectivity index (χ2n) is 5.24. The summed E-state index contributed by atoms with van der Waals surface area (Å²) in [4.78, 5) is 4.14. The number of aryl methyl sites for hydroxylation is 2. The van der Waals surface area contributed by atoms with Crippen molar-refractivity contribution in [1.29, 1.82) is 0 Å². The average Bonchev–Trinajstić information content (AvgIpc) is 2.50. The van der Waals surface area contributed by atoms with E-state index in [0.717, 1.165) is 19.4 Å². The molecule has 20 heavy (non-hydrogen) atoms. The van der Waals surface area contributed by atoms with Crippen molar-refractivity contribution in [2.75, 3.05) is 0 Å². The minimum Gasteiger partial charge on any atom is -0.306 e. The highest BCUT2D eigenvalue weighted by Gasteiger charge is 2.09. The van der Waals surface area contributed by atoms with E-state index in [2.05, 4.69) is 61.4 Å². The molecular formula is C18H24N2. The van der Waals surface area contributed by atoms with E-state index in [9.17, 15) is 0 Å². The highest BCUT2D eigenvalue weighted by atomic mass is 14.9. The van der Waals surface area contributed by atoms with Crippen molar-refractivity contribution < 1.29 is 0 Å². The van der Waals surface area contributed by atoms with Crippen LogP contribution in [0.3, 0.4) is 0 Å². The predicted molar refractivity (Wildman–Crippen MR) is 84.7 cm³/mol. The van der Waals surface area contributed by atoms with Gasteiger partial charge in [-0.05, 0) is 48.1 Å². The van der Waals surface area contributed by atoms with Gasteiger partial charge >= 0.3 is 0 Å². The summed E-state index contributed by atoms with van der Waals surface area (Å²) in [5.41, 5.74) is 5.34. The first-order valence-electron chi connectivity index (χ1n) is 7.46. The lowest BCUT2D eigenvalue weighted by Gasteiger charge is -2.18. The second-order valence-corrected chi connectivity index (χ2v) is 5.24. The van der Waals surface area contributed by atoms with Gasteiger partial charge in [0.2, 0.25) is 0 Å². The first-order valence-corrected chi connectivity index (χ1v) is 7.46. The first kappa shape index (κ1) is 14.7. The molecule has 1 aromatic carbocycles. The molecule has 2 aromatic rings. The molecule has 0 saturated heterocycles. The molecule has 0 bridgehead atoms. The smallest absolute Gasteiger partial charge is 0.0320 e. The van der Waals surface area contributed by atoms with E-state index in [1.54, 1.807) is 0 Å². The number of nitrogens with zero attached hydrogens (tertiary/aromatic N) is 1. The first-order chi connectivity index (χ1) is 9.74. The fraction of sp³-hybridized carbons (Fsp3) is 0.389. The predicted octanol–water partition coefficient (Wildman–Crippen LogP) is 4.19. The molecule has 2 rings (SSSR count). The summed E-state index contributed by atoms with van der Waals surface area (Å²) in [5, 5.41) is 3.65. The van der Waals surface area contributed by atoms with Gasteiger partial charge in [0.05, 0.1) is 0 Å². The van der Waals surface area contributed by atoms with Crippen LogP contribution in [0.4, 0.5) is 0 Å². The Morgan fingerprint density at radius 1 is 1.10 bits per heavy atom. The van der Waals surface area contributed by atoms with E-state index in [1.165, 1.54) is 22.3 Å². The van der Waals surface area contributed by atoms with Gasteiger partial charge in [0, 0.05) is 25.0 Å². The lowest BCUT2D eigenvalue weighted by molar-refractivity contribution is 0.518. The SMILES string of the molecule is CCc1ccc(C(CC)NCc2ccncc2C)cc1. The van der Waals surface area contributed by atoms with Crippen molar-refractivity contribution >= 4 is 0 Å². The molecule has 0 aliphatic heterocycles. The normalized spacial score (nSPS) is 12.3. The van der Waals surface area contributed by atoms with Crippen molar-refractivity contribution in [1.82, 2.24) is 10.3 Å². The van der Waals surface area contributed by atoms with Gasteiger partial charge in [0.1, 0.15) is 0 Å². The second kappa shape index (κ2) is 7.20. The van der Waals surface area contributed by atoms with Crippen LogP contribution in [-0.4, -0.2) is 4.98 Å². The summed E-state index contributed by atoms with van der Waals surface area (Å²) in [6.07, 6.45) is 5.98. The molecule has 0 saturated carbocycles. The molecule has 0 spiro atoms. The summed E-state index contributed by atoms with van der Waals surface area (Å²) in [6.45, 7) is 7.42. The lowest BCUT2D eigenvalue weighted by atomic mass is 10.0. The maximum Gasteiger partial charge on any atom is 0.0320 e. The highest BCUT2D eigenvalue weighted by Crippen LogP contribution is 2.18. The van der Waals surface area contributed by atoms with Crippen molar-refractivity contribution in [3.8, 4) is 0 Å². The molecule has 0 radical (unpaired) electrons. The zero-order valence-corrected chi connectivity index (χ0v) is 12.7. The molecule has 1 atom stereocenters. The van der Waals surface area contributed by atoms with E-state index in [1.807, 2.05) is 12.4 Å². The van der Waals surface area contributed by atoms with E-state index >= 15 is 0 Å². The fourth-order valence-corrected chi connectivity index (χ4v) is 2.42. The zero-order valence-electron chi connectivity index (χ0n) is 12.7. The Bertz CT molecular complexity index is 531. The largest absolute Gasteiger partial charge is 0.306 e. The van der Waals surface area contributed by atoms with Gasteiger partial charge in [-0.15, -0.1) is 0 Å². The summed E-state index contributed by atoms with van der Waals surface area (Å²) in [7, 11) is 0. The van der Waals surface area contributed by atoms with E-state index in [4.69, 9.17) is 0 Å². The minimum atomic E-state index is 0.411. The van der Waals surface area contributed by atoms with Gasteiger partial charge in [0.15, 0.2) is 0 Å². The van der Waals surface area contributed by atoms with Gasteiger partial charge in [0.25, 0.3) is 0 Å². The van der Waals surface area contributed by atoms with Crippen molar-refractivity contribution in [2.45, 2.75) is 46.2 Å². The molecule has 2 heteroatoms. The number of hydrogen-bond acceptors (Lipinski definition) is 2. The summed E-state index contributed by atoms with van der Waals surface area (Å²) in [6, 6.07) is 11.5. The summed E-state index contributed by atoms with van der Waals surface area (Å²) < 4.78 is 0. The lowest BCUT2D eigenvalue weighted by Crippen LogP contribution is -2.20. The molecule has 0 aliphatic carbocycles. The van der Waals surface area contributed by atoms with Crippen molar-refractivity contribution in [2.24, 2.45) is 0 Å². The topological polar surface area (TPSA) is 24.9 Å². The van der Waals surface area contributed by atoms with Crippen molar-refractivity contribution in [3.63, 3.8) is 0 Å². The average molecular weight is 268 g/mol. The summed E-state index contributed by atoms with van der Waals surface area (Å²) >= 11 is 0. The number of aromatic nitrogens is 1. The number of nitrogens with one attached hydrogen (secondary N) is 1. The fourth-order valence-electron chi connectivity index (χ4n) is 2.42. The maximum atomic E-state index is 4.14. The Morgan fingerprint density at radius 3 is 2.45 bits per heavy atom. The molecule has 0 aliphatic rings. The Balaban J connectivity index is 2.03. The number of pyridine rings is 1. The van der Waals surface area contributed by atoms with Crippen molar-refractivity contribution in [3.05, 3.63) is 65.0 Å². The summed E-state index contributed by atoms with van der Waals surface area (Å²) in [5.74, 6) is 0. The van der Waals surface area contributed by atoms with E-state index in [-0.39, 0.29) is 0 Å². The molecule has 1 aromatic heterocycles. The molecule has 1 heterocycles. The van der Waals surface area contributed by atoms with Crippen LogP contribution in [0.2, 0.25) is 0 Å². The van der Waals surface area contributed by atoms with E-state index in [0.29, 0.717) is 6.04 Å². The number of hydrogen-bond donors (Lipinski definition) is 1. The van der Waals surface area contributed by atoms with Crippen LogP contribution in [0.25, 0.3) is 0 Å². The quantitative estimate of drug-likeness (QED) is 0.849. The van der Waals surface area contributed by atoms with Crippen LogP contribution >= 0.6 is 0 Å². The van der Waals surface area contributed by atoms with Gasteiger partial charge in [-0.3, -0.25) is 4.98 Å². The molecular weight excluding hydrogens is 244 g/mol. The monoisotopic (exact) mass is 268 g/mol. The zero-order chi connectivity index (χ0) is 14.4. The van der Waals surface area contributed by atoms with Crippen LogP contribution in [0.5, 0.6) is 0 Å². The highest BCUT2D eigenvalue weighted by molar-refractivity contribution is 5.26. The van der Waals surface area contributed by atoms with Gasteiger partial charge in [-0.2, -0.15) is 0 Å². The third kappa shape index (κ3) is 3.67. The van der Waals surface area contributed by atoms with Gasteiger partial charge in [-0.25, -0.2) is 0 Å². The molecule has 2 nitrogen and oxygen atoms in total. The van der Waals surface area contributed by atoms with Crippen LogP contribution in [0, 0.1) is 6.92 Å². The minimum absolute atomic E-state index is 0.411. The number of rotatable bonds is 6. The standard InChI is InChI=1S/C18H24N2/c1-4-15-6-8-16(9-7-15)18(5-2)20-13-17-10-11-19-12-14(17)3/h6-12,18,20H,4-5,13H2,1-3H3. The molecule has 0 fully saturated rings. The van der Waals surface area contributed by atoms with Crippen LogP contribution in [0.15, 0.2) is 42.7 Å². The van der Waals surface area contributed by atoms with Crippen LogP contribution in [0.1, 0.15) is 48.6 Å². The van der Waals surface area contributed by atoms with Crippen LogP contribution in [-0.2, 0) is 13.0 Å². The molecule has 0 amide bonds. The molecule has 1 N–H and O–H groups in total. The maximum absolute atomic E-state index is 4.14. The third-order valence-electron chi connectivity index (χ3n) is 3.87. The number of benzene rings is 1.